The lowest BCUT2D eigenvalue weighted by atomic mass is 9.96. The van der Waals surface area contributed by atoms with Crippen LogP contribution >= 0.6 is 11.6 Å². The third-order valence-electron chi connectivity index (χ3n) is 4.85. The van der Waals surface area contributed by atoms with Crippen molar-refractivity contribution in [2.75, 3.05) is 19.6 Å². The van der Waals surface area contributed by atoms with Gasteiger partial charge in [-0.25, -0.2) is 4.98 Å². The lowest BCUT2D eigenvalue weighted by molar-refractivity contribution is 0.0909. The van der Waals surface area contributed by atoms with Crippen molar-refractivity contribution in [2.45, 2.75) is 18.9 Å². The number of nitrogens with zero attached hydrogens (tertiary/aromatic N) is 2. The van der Waals surface area contributed by atoms with Gasteiger partial charge in [-0.1, -0.05) is 11.6 Å². The number of benzene rings is 1. The molecule has 6 heteroatoms. The summed E-state index contributed by atoms with van der Waals surface area (Å²) < 4.78 is 5.69. The van der Waals surface area contributed by atoms with Crippen molar-refractivity contribution in [3.05, 3.63) is 53.3 Å². The Morgan fingerprint density at radius 2 is 1.96 bits per heavy atom. The van der Waals surface area contributed by atoms with Gasteiger partial charge >= 0.3 is 0 Å². The maximum absolute atomic E-state index is 12.5. The fourth-order valence-corrected chi connectivity index (χ4v) is 3.78. The molecule has 1 aromatic carbocycles. The molecule has 2 aromatic rings. The second-order valence-electron chi connectivity index (χ2n) is 6.76. The summed E-state index contributed by atoms with van der Waals surface area (Å²) in [5, 5.41) is 3.59. The summed E-state index contributed by atoms with van der Waals surface area (Å²) in [6.45, 7) is 3.33. The molecular formula is C19H20ClN3O2. The lowest BCUT2D eigenvalue weighted by Crippen LogP contribution is -2.46. The number of piperidine rings is 1. The highest BCUT2D eigenvalue weighted by Gasteiger charge is 2.32. The fraction of sp³-hybridized carbons (Fsp3) is 0.368. The molecule has 1 amide bonds. The molecule has 3 unspecified atom stereocenters. The number of fused-ring (bicyclic) bond motifs is 2. The maximum atomic E-state index is 12.5. The largest absolute Gasteiger partial charge is 0.456 e. The van der Waals surface area contributed by atoms with E-state index in [1.54, 1.807) is 42.6 Å². The smallest absolute Gasteiger partial charge is 0.251 e. The number of hydrogen-bond acceptors (Lipinski definition) is 4. The molecular weight excluding hydrogens is 338 g/mol. The predicted molar refractivity (Wildman–Crippen MR) is 96.2 cm³/mol. The highest BCUT2D eigenvalue weighted by Crippen LogP contribution is 2.27. The number of rotatable bonds is 4. The average molecular weight is 358 g/mol. The molecule has 2 fully saturated rings. The van der Waals surface area contributed by atoms with Gasteiger partial charge in [-0.2, -0.15) is 0 Å². The molecule has 3 heterocycles. The molecule has 0 radical (unpaired) electrons. The van der Waals surface area contributed by atoms with E-state index < -0.39 is 0 Å². The van der Waals surface area contributed by atoms with Crippen LogP contribution in [0.1, 0.15) is 23.2 Å². The van der Waals surface area contributed by atoms with Crippen LogP contribution in [-0.2, 0) is 0 Å². The molecule has 130 valence electrons. The molecule has 3 atom stereocenters. The van der Waals surface area contributed by atoms with Gasteiger partial charge in [-0.15, -0.1) is 0 Å². The van der Waals surface area contributed by atoms with Crippen LogP contribution in [0.4, 0.5) is 0 Å². The number of halogens is 1. The van der Waals surface area contributed by atoms with Gasteiger partial charge in [-0.05, 0) is 61.7 Å². The zero-order chi connectivity index (χ0) is 17.2. The quantitative estimate of drug-likeness (QED) is 0.852. The SMILES string of the molecule is O=C(NC1CC2CCN(C2)C1)c1ccc(Oc2ccc(Cl)nc2)cc1. The first-order valence-electron chi connectivity index (χ1n) is 8.58. The van der Waals surface area contributed by atoms with Gasteiger partial charge in [0.2, 0.25) is 0 Å². The Hall–Kier alpha value is -2.11. The van der Waals surface area contributed by atoms with Gasteiger partial charge in [0.25, 0.3) is 5.91 Å². The summed E-state index contributed by atoms with van der Waals surface area (Å²) in [6.07, 6.45) is 3.92. The highest BCUT2D eigenvalue weighted by molar-refractivity contribution is 6.29. The van der Waals surface area contributed by atoms with E-state index in [0.29, 0.717) is 22.2 Å². The minimum Gasteiger partial charge on any atom is -0.456 e. The topological polar surface area (TPSA) is 54.5 Å². The van der Waals surface area contributed by atoms with E-state index >= 15 is 0 Å². The maximum Gasteiger partial charge on any atom is 0.251 e. The number of aromatic nitrogens is 1. The molecule has 0 saturated carbocycles. The molecule has 0 spiro atoms. The molecule has 25 heavy (non-hydrogen) atoms. The Kier molecular flexibility index (Phi) is 4.59. The summed E-state index contributed by atoms with van der Waals surface area (Å²) in [5.74, 6) is 1.98. The fourth-order valence-electron chi connectivity index (χ4n) is 3.67. The standard InChI is InChI=1S/C19H20ClN3O2/c20-18-6-5-17(10-21-18)25-16-3-1-14(2-4-16)19(24)22-15-9-13-7-8-23(11-13)12-15/h1-6,10,13,15H,7-9,11-12H2,(H,22,24). The third-order valence-corrected chi connectivity index (χ3v) is 5.08. The van der Waals surface area contributed by atoms with Crippen LogP contribution in [0.15, 0.2) is 42.6 Å². The first kappa shape index (κ1) is 16.4. The first-order chi connectivity index (χ1) is 12.2. The van der Waals surface area contributed by atoms with Crippen LogP contribution in [0.5, 0.6) is 11.5 Å². The number of amides is 1. The van der Waals surface area contributed by atoms with Crippen molar-refractivity contribution in [3.8, 4) is 11.5 Å². The molecule has 2 aliphatic heterocycles. The van der Waals surface area contributed by atoms with Crippen LogP contribution in [0.3, 0.4) is 0 Å². The zero-order valence-corrected chi connectivity index (χ0v) is 14.6. The Morgan fingerprint density at radius 1 is 1.16 bits per heavy atom. The summed E-state index contributed by atoms with van der Waals surface area (Å²) in [4.78, 5) is 18.9. The van der Waals surface area contributed by atoms with Gasteiger partial charge in [0.05, 0.1) is 6.20 Å². The number of nitrogens with one attached hydrogen (secondary N) is 1. The molecule has 2 saturated heterocycles. The Balaban J connectivity index is 1.36. The molecule has 4 rings (SSSR count). The number of hydrogen-bond donors (Lipinski definition) is 1. The average Bonchev–Trinajstić information content (AvgIpc) is 2.96. The second kappa shape index (κ2) is 7.02. The van der Waals surface area contributed by atoms with Gasteiger partial charge in [-0.3, -0.25) is 4.79 Å². The van der Waals surface area contributed by atoms with Crippen molar-refractivity contribution < 1.29 is 9.53 Å². The normalized spacial score (nSPS) is 24.8. The van der Waals surface area contributed by atoms with Gasteiger partial charge in [0, 0.05) is 24.7 Å². The van der Waals surface area contributed by atoms with E-state index in [1.165, 1.54) is 19.5 Å². The van der Waals surface area contributed by atoms with E-state index in [9.17, 15) is 4.79 Å². The minimum atomic E-state index is -0.0211. The first-order valence-corrected chi connectivity index (χ1v) is 8.96. The lowest BCUT2D eigenvalue weighted by Gasteiger charge is -2.30. The summed E-state index contributed by atoms with van der Waals surface area (Å²) in [7, 11) is 0. The Labute approximate surface area is 152 Å². The monoisotopic (exact) mass is 357 g/mol. The Bertz CT molecular complexity index is 736. The predicted octanol–water partition coefficient (Wildman–Crippen LogP) is 3.35. The number of carbonyl (C=O) groups is 1. The van der Waals surface area contributed by atoms with Crippen LogP contribution in [-0.4, -0.2) is 41.5 Å². The van der Waals surface area contributed by atoms with Gasteiger partial charge in [0.1, 0.15) is 16.7 Å². The van der Waals surface area contributed by atoms with Crippen LogP contribution in [0.2, 0.25) is 5.15 Å². The van der Waals surface area contributed by atoms with E-state index in [4.69, 9.17) is 16.3 Å². The summed E-state index contributed by atoms with van der Waals surface area (Å²) in [6, 6.07) is 10.8. The number of pyridine rings is 1. The van der Waals surface area contributed by atoms with E-state index in [2.05, 4.69) is 15.2 Å². The number of ether oxygens (including phenoxy) is 1. The summed E-state index contributed by atoms with van der Waals surface area (Å²) in [5.41, 5.74) is 0.648. The van der Waals surface area contributed by atoms with E-state index in [-0.39, 0.29) is 11.9 Å². The highest BCUT2D eigenvalue weighted by atomic mass is 35.5. The van der Waals surface area contributed by atoms with Crippen molar-refractivity contribution in [1.29, 1.82) is 0 Å². The van der Waals surface area contributed by atoms with Crippen molar-refractivity contribution in [1.82, 2.24) is 15.2 Å². The molecule has 1 N–H and O–H groups in total. The van der Waals surface area contributed by atoms with Crippen LogP contribution < -0.4 is 10.1 Å². The molecule has 2 bridgehead atoms. The van der Waals surface area contributed by atoms with E-state index in [0.717, 1.165) is 18.9 Å². The van der Waals surface area contributed by atoms with Crippen LogP contribution in [0, 0.1) is 5.92 Å². The minimum absolute atomic E-state index is 0.0211. The third kappa shape index (κ3) is 3.94. The molecule has 1 aromatic heterocycles. The van der Waals surface area contributed by atoms with Crippen LogP contribution in [0.25, 0.3) is 0 Å². The molecule has 2 aliphatic rings. The Morgan fingerprint density at radius 3 is 2.68 bits per heavy atom. The van der Waals surface area contributed by atoms with Crippen molar-refractivity contribution in [3.63, 3.8) is 0 Å². The molecule has 5 nitrogen and oxygen atoms in total. The van der Waals surface area contributed by atoms with Gasteiger partial charge in [0.15, 0.2) is 0 Å². The number of carbonyl (C=O) groups excluding carboxylic acids is 1. The molecule has 0 aliphatic carbocycles. The zero-order valence-electron chi connectivity index (χ0n) is 13.8. The summed E-state index contributed by atoms with van der Waals surface area (Å²) >= 11 is 5.76. The van der Waals surface area contributed by atoms with Crippen molar-refractivity contribution in [2.24, 2.45) is 5.92 Å². The second-order valence-corrected chi connectivity index (χ2v) is 7.15. The van der Waals surface area contributed by atoms with E-state index in [1.807, 2.05) is 0 Å². The van der Waals surface area contributed by atoms with Crippen molar-refractivity contribution >= 4 is 17.5 Å². The van der Waals surface area contributed by atoms with Gasteiger partial charge < -0.3 is 15.0 Å².